The fourth-order valence-electron chi connectivity index (χ4n) is 2.60. The molecule has 0 radical (unpaired) electrons. The van der Waals surface area contributed by atoms with Gasteiger partial charge in [0, 0.05) is 43.5 Å². The summed E-state index contributed by atoms with van der Waals surface area (Å²) in [5, 5.41) is 17.1. The molecule has 1 atom stereocenters. The van der Waals surface area contributed by atoms with E-state index >= 15 is 0 Å². The summed E-state index contributed by atoms with van der Waals surface area (Å²) in [6, 6.07) is 0.975. The first-order valence-corrected chi connectivity index (χ1v) is 7.28. The molecule has 0 amide bonds. The van der Waals surface area contributed by atoms with Gasteiger partial charge in [0.1, 0.15) is 0 Å². The minimum Gasteiger partial charge on any atom is -0.395 e. The summed E-state index contributed by atoms with van der Waals surface area (Å²) in [6.45, 7) is 8.20. The molecule has 2 heterocycles. The highest BCUT2D eigenvalue weighted by atomic mass is 16.3. The number of aliphatic hydroxyl groups is 1. The molecule has 108 valence electrons. The Labute approximate surface area is 115 Å². The number of aromatic nitrogens is 2. The Morgan fingerprint density at radius 3 is 3.00 bits per heavy atom. The topological polar surface area (TPSA) is 53.3 Å². The SMILES string of the molecule is CC(C)n1cc(CN(CCO)CC2CCCN2)cn1. The van der Waals surface area contributed by atoms with Gasteiger partial charge in [0.15, 0.2) is 0 Å². The van der Waals surface area contributed by atoms with Crippen LogP contribution in [0, 0.1) is 0 Å². The molecule has 1 aromatic rings. The van der Waals surface area contributed by atoms with E-state index in [9.17, 15) is 5.11 Å². The minimum absolute atomic E-state index is 0.213. The van der Waals surface area contributed by atoms with Crippen molar-refractivity contribution in [2.75, 3.05) is 26.2 Å². The maximum atomic E-state index is 9.20. The molecule has 2 N–H and O–H groups in total. The molecule has 19 heavy (non-hydrogen) atoms. The first kappa shape index (κ1) is 14.5. The smallest absolute Gasteiger partial charge is 0.0558 e. The Morgan fingerprint density at radius 2 is 2.42 bits per heavy atom. The van der Waals surface area contributed by atoms with Crippen LogP contribution in [0.3, 0.4) is 0 Å². The molecular formula is C14H26N4O. The summed E-state index contributed by atoms with van der Waals surface area (Å²) in [6.07, 6.45) is 6.56. The first-order chi connectivity index (χ1) is 9.19. The van der Waals surface area contributed by atoms with E-state index < -0.39 is 0 Å². The molecule has 1 unspecified atom stereocenters. The van der Waals surface area contributed by atoms with Gasteiger partial charge in [-0.15, -0.1) is 0 Å². The van der Waals surface area contributed by atoms with E-state index in [2.05, 4.69) is 35.4 Å². The molecule has 2 rings (SSSR count). The second kappa shape index (κ2) is 7.03. The third-order valence-electron chi connectivity index (χ3n) is 3.65. The highest BCUT2D eigenvalue weighted by Crippen LogP contribution is 2.11. The van der Waals surface area contributed by atoms with Crippen LogP contribution in [0.2, 0.25) is 0 Å². The van der Waals surface area contributed by atoms with Crippen LogP contribution in [0.5, 0.6) is 0 Å². The average molecular weight is 266 g/mol. The molecule has 1 aromatic heterocycles. The molecule has 1 aliphatic rings. The van der Waals surface area contributed by atoms with Crippen LogP contribution in [0.25, 0.3) is 0 Å². The van der Waals surface area contributed by atoms with Crippen molar-refractivity contribution in [2.45, 2.75) is 45.3 Å². The molecule has 5 nitrogen and oxygen atoms in total. The van der Waals surface area contributed by atoms with E-state index in [1.54, 1.807) is 0 Å². The van der Waals surface area contributed by atoms with Crippen LogP contribution < -0.4 is 5.32 Å². The number of nitrogens with one attached hydrogen (secondary N) is 1. The molecule has 1 saturated heterocycles. The van der Waals surface area contributed by atoms with Gasteiger partial charge >= 0.3 is 0 Å². The van der Waals surface area contributed by atoms with Gasteiger partial charge in [-0.3, -0.25) is 9.58 Å². The Balaban J connectivity index is 1.90. The summed E-state index contributed by atoms with van der Waals surface area (Å²) in [7, 11) is 0. The molecule has 1 aliphatic heterocycles. The second-order valence-electron chi connectivity index (χ2n) is 5.67. The van der Waals surface area contributed by atoms with Crippen molar-refractivity contribution < 1.29 is 5.11 Å². The quantitative estimate of drug-likeness (QED) is 0.773. The number of hydrogen-bond donors (Lipinski definition) is 2. The third-order valence-corrected chi connectivity index (χ3v) is 3.65. The van der Waals surface area contributed by atoms with Crippen LogP contribution >= 0.6 is 0 Å². The Morgan fingerprint density at radius 1 is 1.58 bits per heavy atom. The lowest BCUT2D eigenvalue weighted by Gasteiger charge is -2.24. The van der Waals surface area contributed by atoms with E-state index in [1.165, 1.54) is 18.4 Å². The summed E-state index contributed by atoms with van der Waals surface area (Å²) in [4.78, 5) is 2.31. The summed E-state index contributed by atoms with van der Waals surface area (Å²) < 4.78 is 1.99. The zero-order valence-corrected chi connectivity index (χ0v) is 12.0. The summed E-state index contributed by atoms with van der Waals surface area (Å²) in [5.41, 5.74) is 1.22. The van der Waals surface area contributed by atoms with Gasteiger partial charge in [0.25, 0.3) is 0 Å². The lowest BCUT2D eigenvalue weighted by molar-refractivity contribution is 0.179. The third kappa shape index (κ3) is 4.30. The van der Waals surface area contributed by atoms with Gasteiger partial charge in [-0.25, -0.2) is 0 Å². The van der Waals surface area contributed by atoms with Crippen LogP contribution in [-0.4, -0.2) is 52.1 Å². The molecule has 5 heteroatoms. The monoisotopic (exact) mass is 266 g/mol. The molecule has 0 aliphatic carbocycles. The first-order valence-electron chi connectivity index (χ1n) is 7.28. The van der Waals surface area contributed by atoms with Crippen molar-refractivity contribution in [3.8, 4) is 0 Å². The van der Waals surface area contributed by atoms with Crippen LogP contribution in [0.4, 0.5) is 0 Å². The fraction of sp³-hybridized carbons (Fsp3) is 0.786. The van der Waals surface area contributed by atoms with Gasteiger partial charge in [0.05, 0.1) is 12.8 Å². The van der Waals surface area contributed by atoms with Crippen LogP contribution in [0.15, 0.2) is 12.4 Å². The van der Waals surface area contributed by atoms with Crippen molar-refractivity contribution in [3.63, 3.8) is 0 Å². The van der Waals surface area contributed by atoms with Crippen LogP contribution in [0.1, 0.15) is 38.3 Å². The van der Waals surface area contributed by atoms with Gasteiger partial charge in [-0.1, -0.05) is 0 Å². The molecule has 0 bridgehead atoms. The minimum atomic E-state index is 0.213. The molecule has 0 aromatic carbocycles. The van der Waals surface area contributed by atoms with Crippen molar-refractivity contribution in [1.82, 2.24) is 20.0 Å². The largest absolute Gasteiger partial charge is 0.395 e. The maximum absolute atomic E-state index is 9.20. The van der Waals surface area contributed by atoms with E-state index in [1.807, 2.05) is 10.9 Å². The summed E-state index contributed by atoms with van der Waals surface area (Å²) >= 11 is 0. The van der Waals surface area contributed by atoms with E-state index in [0.717, 1.165) is 26.2 Å². The summed E-state index contributed by atoms with van der Waals surface area (Å²) in [5.74, 6) is 0. The highest BCUT2D eigenvalue weighted by molar-refractivity contribution is 5.04. The van der Waals surface area contributed by atoms with Gasteiger partial charge in [-0.2, -0.15) is 5.10 Å². The van der Waals surface area contributed by atoms with Crippen LogP contribution in [-0.2, 0) is 6.54 Å². The zero-order valence-electron chi connectivity index (χ0n) is 12.0. The lowest BCUT2D eigenvalue weighted by Crippen LogP contribution is -2.38. The fourth-order valence-corrected chi connectivity index (χ4v) is 2.60. The van der Waals surface area contributed by atoms with E-state index in [0.29, 0.717) is 12.1 Å². The van der Waals surface area contributed by atoms with Gasteiger partial charge < -0.3 is 10.4 Å². The molecule has 1 fully saturated rings. The Kier molecular flexibility index (Phi) is 5.36. The predicted molar refractivity (Wildman–Crippen MR) is 76.0 cm³/mol. The predicted octanol–water partition coefficient (Wildman–Crippen LogP) is 1.01. The Bertz CT molecular complexity index is 371. The van der Waals surface area contributed by atoms with Crippen molar-refractivity contribution in [1.29, 1.82) is 0 Å². The average Bonchev–Trinajstić information content (AvgIpc) is 3.00. The number of rotatable bonds is 7. The van der Waals surface area contributed by atoms with Crippen molar-refractivity contribution in [2.24, 2.45) is 0 Å². The number of aliphatic hydroxyl groups excluding tert-OH is 1. The zero-order chi connectivity index (χ0) is 13.7. The lowest BCUT2D eigenvalue weighted by atomic mass is 10.2. The maximum Gasteiger partial charge on any atom is 0.0558 e. The Hall–Kier alpha value is -0.910. The van der Waals surface area contributed by atoms with Gasteiger partial charge in [-0.05, 0) is 33.2 Å². The standard InChI is InChI=1S/C14H26N4O/c1-12(2)18-10-13(8-16-18)9-17(6-7-19)11-14-4-3-5-15-14/h8,10,12,14-15,19H,3-7,9,11H2,1-2H3. The van der Waals surface area contributed by atoms with E-state index in [4.69, 9.17) is 0 Å². The number of hydrogen-bond acceptors (Lipinski definition) is 4. The van der Waals surface area contributed by atoms with E-state index in [-0.39, 0.29) is 6.61 Å². The van der Waals surface area contributed by atoms with Crippen molar-refractivity contribution >= 4 is 0 Å². The highest BCUT2D eigenvalue weighted by Gasteiger charge is 2.18. The second-order valence-corrected chi connectivity index (χ2v) is 5.67. The molecule has 0 spiro atoms. The molecular weight excluding hydrogens is 240 g/mol. The molecule has 0 saturated carbocycles. The van der Waals surface area contributed by atoms with Crippen molar-refractivity contribution in [3.05, 3.63) is 18.0 Å². The number of nitrogens with zero attached hydrogens (tertiary/aromatic N) is 3. The normalized spacial score (nSPS) is 19.7. The van der Waals surface area contributed by atoms with Gasteiger partial charge in [0.2, 0.25) is 0 Å².